The Morgan fingerprint density at radius 1 is 1.03 bits per heavy atom. The van der Waals surface area contributed by atoms with E-state index < -0.39 is 5.63 Å². The van der Waals surface area contributed by atoms with Crippen molar-refractivity contribution in [2.45, 2.75) is 59.4 Å². The van der Waals surface area contributed by atoms with Crippen LogP contribution >= 0.6 is 0 Å². The van der Waals surface area contributed by atoms with Crippen LogP contribution in [0.3, 0.4) is 0 Å². The van der Waals surface area contributed by atoms with E-state index in [-0.39, 0.29) is 30.0 Å². The Balaban J connectivity index is 1.61. The number of furan rings is 1. The lowest BCUT2D eigenvalue weighted by Crippen LogP contribution is -2.24. The Morgan fingerprint density at radius 3 is 2.39 bits per heavy atom. The Bertz CT molecular complexity index is 1410. The van der Waals surface area contributed by atoms with Crippen molar-refractivity contribution in [2.75, 3.05) is 0 Å². The van der Waals surface area contributed by atoms with Gasteiger partial charge in [-0.05, 0) is 55.0 Å². The summed E-state index contributed by atoms with van der Waals surface area (Å²) in [6.07, 6.45) is 2.20. The molecule has 0 aliphatic carbocycles. The molecule has 2 aromatic carbocycles. The SMILES string of the molecule is Cc1c(CCC(=O)NCc2ccc(F)cc2)c(=O)oc2c(C)c3occ(C(C)(C)C)c3cc12. The van der Waals surface area contributed by atoms with Crippen LogP contribution in [0.1, 0.15) is 55.0 Å². The van der Waals surface area contributed by atoms with E-state index in [4.69, 9.17) is 8.83 Å². The van der Waals surface area contributed by atoms with E-state index in [1.165, 1.54) is 12.1 Å². The Kier molecular flexibility index (Phi) is 5.87. The summed E-state index contributed by atoms with van der Waals surface area (Å²) in [4.78, 5) is 25.1. The molecule has 0 saturated heterocycles. The maximum atomic E-state index is 13.0. The van der Waals surface area contributed by atoms with E-state index in [9.17, 15) is 14.0 Å². The molecule has 0 aliphatic rings. The van der Waals surface area contributed by atoms with E-state index in [1.807, 2.05) is 19.9 Å². The van der Waals surface area contributed by atoms with Crippen molar-refractivity contribution in [1.29, 1.82) is 0 Å². The van der Waals surface area contributed by atoms with Gasteiger partial charge in [0, 0.05) is 40.4 Å². The molecular weight excluding hydrogens is 421 g/mol. The van der Waals surface area contributed by atoms with Crippen molar-refractivity contribution in [1.82, 2.24) is 5.32 Å². The van der Waals surface area contributed by atoms with Crippen LogP contribution in [0.2, 0.25) is 0 Å². The van der Waals surface area contributed by atoms with Gasteiger partial charge in [-0.15, -0.1) is 0 Å². The first-order chi connectivity index (χ1) is 15.6. The van der Waals surface area contributed by atoms with Crippen molar-refractivity contribution < 1.29 is 18.0 Å². The van der Waals surface area contributed by atoms with Gasteiger partial charge in [0.1, 0.15) is 17.0 Å². The highest BCUT2D eigenvalue weighted by molar-refractivity contribution is 6.00. The summed E-state index contributed by atoms with van der Waals surface area (Å²) in [5.41, 5.74) is 4.72. The molecule has 5 nitrogen and oxygen atoms in total. The first kappa shape index (κ1) is 22.8. The number of aryl methyl sites for hydroxylation is 2. The fourth-order valence-electron chi connectivity index (χ4n) is 4.20. The third kappa shape index (κ3) is 4.42. The van der Waals surface area contributed by atoms with Gasteiger partial charge in [0.05, 0.1) is 6.26 Å². The molecule has 172 valence electrons. The third-order valence-electron chi connectivity index (χ3n) is 6.15. The standard InChI is InChI=1S/C27H28FNO4/c1-15-19(10-11-23(30)29-13-17-6-8-18(28)9-7-17)26(31)33-25-16(2)24-21(12-20(15)25)22(14-32-24)27(3,4)5/h6-9,12,14H,10-11,13H2,1-5H3,(H,29,30). The minimum absolute atomic E-state index is 0.0969. The molecule has 2 aromatic heterocycles. The fourth-order valence-corrected chi connectivity index (χ4v) is 4.20. The van der Waals surface area contributed by atoms with Gasteiger partial charge in [0.25, 0.3) is 0 Å². The lowest BCUT2D eigenvalue weighted by atomic mass is 9.86. The molecule has 0 spiro atoms. The quantitative estimate of drug-likeness (QED) is 0.389. The molecule has 6 heteroatoms. The lowest BCUT2D eigenvalue weighted by Gasteiger charge is -2.17. The van der Waals surface area contributed by atoms with E-state index in [2.05, 4.69) is 26.1 Å². The molecule has 2 heterocycles. The van der Waals surface area contributed by atoms with Gasteiger partial charge in [0.15, 0.2) is 0 Å². The predicted octanol–water partition coefficient (Wildman–Crippen LogP) is 5.84. The van der Waals surface area contributed by atoms with Crippen LogP contribution in [0.25, 0.3) is 21.9 Å². The minimum atomic E-state index is -0.434. The molecule has 4 rings (SSSR count). The molecule has 0 atom stereocenters. The maximum Gasteiger partial charge on any atom is 0.339 e. The second-order valence-electron chi connectivity index (χ2n) is 9.55. The van der Waals surface area contributed by atoms with Gasteiger partial charge in [-0.3, -0.25) is 4.79 Å². The van der Waals surface area contributed by atoms with E-state index >= 15 is 0 Å². The molecule has 0 unspecified atom stereocenters. The number of carbonyl (C=O) groups is 1. The summed E-state index contributed by atoms with van der Waals surface area (Å²) in [7, 11) is 0. The molecule has 0 saturated carbocycles. The second kappa shape index (κ2) is 8.50. The topological polar surface area (TPSA) is 72.5 Å². The third-order valence-corrected chi connectivity index (χ3v) is 6.15. The van der Waals surface area contributed by atoms with Gasteiger partial charge in [-0.25, -0.2) is 9.18 Å². The number of benzene rings is 2. The van der Waals surface area contributed by atoms with Crippen LogP contribution in [-0.4, -0.2) is 5.91 Å². The zero-order valence-electron chi connectivity index (χ0n) is 19.6. The van der Waals surface area contributed by atoms with Crippen molar-refractivity contribution >= 4 is 27.8 Å². The number of carbonyl (C=O) groups excluding carboxylic acids is 1. The largest absolute Gasteiger partial charge is 0.464 e. The Morgan fingerprint density at radius 2 is 1.73 bits per heavy atom. The zero-order chi connectivity index (χ0) is 23.9. The number of amides is 1. The summed E-state index contributed by atoms with van der Waals surface area (Å²) in [5, 5.41) is 4.67. The molecule has 0 radical (unpaired) electrons. The van der Waals surface area contributed by atoms with E-state index in [1.54, 1.807) is 18.4 Å². The number of fused-ring (bicyclic) bond motifs is 2. The molecular formula is C27H28FNO4. The van der Waals surface area contributed by atoms with E-state index in [0.717, 1.165) is 38.6 Å². The van der Waals surface area contributed by atoms with Gasteiger partial charge >= 0.3 is 5.63 Å². The van der Waals surface area contributed by atoms with Gasteiger partial charge in [0.2, 0.25) is 5.91 Å². The van der Waals surface area contributed by atoms with Crippen molar-refractivity contribution in [3.63, 3.8) is 0 Å². The smallest absolute Gasteiger partial charge is 0.339 e. The van der Waals surface area contributed by atoms with Crippen molar-refractivity contribution in [3.8, 4) is 0 Å². The van der Waals surface area contributed by atoms with Crippen molar-refractivity contribution in [2.24, 2.45) is 0 Å². The number of nitrogens with one attached hydrogen (secondary N) is 1. The first-order valence-electron chi connectivity index (χ1n) is 11.0. The normalized spacial score (nSPS) is 11.9. The second-order valence-corrected chi connectivity index (χ2v) is 9.55. The monoisotopic (exact) mass is 449 g/mol. The van der Waals surface area contributed by atoms with Crippen LogP contribution in [0.4, 0.5) is 4.39 Å². The first-order valence-corrected chi connectivity index (χ1v) is 11.0. The predicted molar refractivity (Wildman–Crippen MR) is 127 cm³/mol. The van der Waals surface area contributed by atoms with Crippen LogP contribution in [-0.2, 0) is 23.2 Å². The average Bonchev–Trinajstić information content (AvgIpc) is 3.19. The average molecular weight is 450 g/mol. The summed E-state index contributed by atoms with van der Waals surface area (Å²) < 4.78 is 24.6. The lowest BCUT2D eigenvalue weighted by molar-refractivity contribution is -0.121. The number of rotatable bonds is 5. The Labute approximate surface area is 191 Å². The summed E-state index contributed by atoms with van der Waals surface area (Å²) in [5.74, 6) is -0.504. The highest BCUT2D eigenvalue weighted by atomic mass is 19.1. The molecule has 0 fully saturated rings. The van der Waals surface area contributed by atoms with Crippen LogP contribution in [0, 0.1) is 19.7 Å². The Hall–Kier alpha value is -3.41. The van der Waals surface area contributed by atoms with Gasteiger partial charge < -0.3 is 14.2 Å². The summed E-state index contributed by atoms with van der Waals surface area (Å²) in [6, 6.07) is 7.99. The molecule has 0 bridgehead atoms. The number of halogens is 1. The zero-order valence-corrected chi connectivity index (χ0v) is 19.6. The van der Waals surface area contributed by atoms with Crippen LogP contribution in [0.5, 0.6) is 0 Å². The van der Waals surface area contributed by atoms with Crippen molar-refractivity contribution in [3.05, 3.63) is 80.6 Å². The molecule has 33 heavy (non-hydrogen) atoms. The molecule has 0 aliphatic heterocycles. The van der Waals surface area contributed by atoms with Gasteiger partial charge in [-0.2, -0.15) is 0 Å². The van der Waals surface area contributed by atoms with Crippen LogP contribution in [0.15, 0.2) is 50.2 Å². The van der Waals surface area contributed by atoms with E-state index in [0.29, 0.717) is 17.7 Å². The number of hydrogen-bond acceptors (Lipinski definition) is 4. The molecule has 1 N–H and O–H groups in total. The summed E-state index contributed by atoms with van der Waals surface area (Å²) >= 11 is 0. The van der Waals surface area contributed by atoms with Crippen LogP contribution < -0.4 is 10.9 Å². The van der Waals surface area contributed by atoms with Gasteiger partial charge in [-0.1, -0.05) is 32.9 Å². The minimum Gasteiger partial charge on any atom is -0.464 e. The highest BCUT2D eigenvalue weighted by Gasteiger charge is 2.23. The molecule has 4 aromatic rings. The summed E-state index contributed by atoms with van der Waals surface area (Å²) in [6.45, 7) is 10.5. The fraction of sp³-hybridized carbons (Fsp3) is 0.333. The maximum absolute atomic E-state index is 13.0. The number of hydrogen-bond donors (Lipinski definition) is 1. The molecule has 1 amide bonds. The highest BCUT2D eigenvalue weighted by Crippen LogP contribution is 2.37.